The Bertz CT molecular complexity index is 422. The number of nitriles is 1. The Morgan fingerprint density at radius 2 is 2.06 bits per heavy atom. The van der Waals surface area contributed by atoms with Gasteiger partial charge in [-0.25, -0.2) is 4.39 Å². The van der Waals surface area contributed by atoms with E-state index in [1.165, 1.54) is 12.1 Å². The molecule has 0 amide bonds. The highest BCUT2D eigenvalue weighted by Gasteiger charge is 2.08. The van der Waals surface area contributed by atoms with Crippen molar-refractivity contribution < 1.29 is 4.39 Å². The van der Waals surface area contributed by atoms with Gasteiger partial charge in [-0.2, -0.15) is 5.26 Å². The van der Waals surface area contributed by atoms with E-state index in [1.807, 2.05) is 6.07 Å². The molecule has 0 fully saturated rings. The second-order valence-corrected chi connectivity index (χ2v) is 4.34. The predicted octanol–water partition coefficient (Wildman–Crippen LogP) is 2.84. The molecule has 1 aromatic carbocycles. The summed E-state index contributed by atoms with van der Waals surface area (Å²) in [7, 11) is 0. The van der Waals surface area contributed by atoms with E-state index in [9.17, 15) is 4.39 Å². The first-order valence-electron chi connectivity index (χ1n) is 6.29. The van der Waals surface area contributed by atoms with E-state index in [0.29, 0.717) is 5.69 Å². The van der Waals surface area contributed by atoms with Crippen molar-refractivity contribution in [1.29, 1.82) is 5.26 Å². The first-order valence-corrected chi connectivity index (χ1v) is 6.29. The first-order chi connectivity index (χ1) is 8.60. The summed E-state index contributed by atoms with van der Waals surface area (Å²) in [5.41, 5.74) is 0.795. The van der Waals surface area contributed by atoms with E-state index >= 15 is 0 Å². The van der Waals surface area contributed by atoms with Crippen molar-refractivity contribution in [1.82, 2.24) is 4.90 Å². The van der Waals surface area contributed by atoms with Gasteiger partial charge in [0.05, 0.1) is 5.56 Å². The minimum absolute atomic E-state index is 0.0805. The third-order valence-corrected chi connectivity index (χ3v) is 2.93. The molecule has 1 unspecified atom stereocenters. The minimum atomic E-state index is -0.475. The molecule has 1 rings (SSSR count). The number of hydrogen-bond donors (Lipinski definition) is 1. The summed E-state index contributed by atoms with van der Waals surface area (Å²) in [6.07, 6.45) is 0. The number of nitrogens with one attached hydrogen (secondary N) is 1. The molecule has 0 aromatic heterocycles. The van der Waals surface area contributed by atoms with E-state index in [-0.39, 0.29) is 11.6 Å². The van der Waals surface area contributed by atoms with Crippen LogP contribution in [0.15, 0.2) is 18.2 Å². The second kappa shape index (κ2) is 6.97. The lowest BCUT2D eigenvalue weighted by Gasteiger charge is -2.24. The number of anilines is 1. The van der Waals surface area contributed by atoms with Crippen molar-refractivity contribution in [2.75, 3.05) is 25.0 Å². The third-order valence-electron chi connectivity index (χ3n) is 2.93. The molecule has 0 aliphatic carbocycles. The molecule has 4 heteroatoms. The molecule has 3 nitrogen and oxygen atoms in total. The highest BCUT2D eigenvalue weighted by Crippen LogP contribution is 2.14. The van der Waals surface area contributed by atoms with Gasteiger partial charge in [0.1, 0.15) is 11.9 Å². The summed E-state index contributed by atoms with van der Waals surface area (Å²) in [6.45, 7) is 9.23. The standard InChI is InChI=1S/C14H20FN3/c1-4-18(5-2)10-11(3)17-13-7-6-12(9-16)14(15)8-13/h6-8,11,17H,4-5,10H2,1-3H3. The average Bonchev–Trinajstić information content (AvgIpc) is 2.36. The van der Waals surface area contributed by atoms with Crippen LogP contribution in [0.25, 0.3) is 0 Å². The predicted molar refractivity (Wildman–Crippen MR) is 72.0 cm³/mol. The number of likely N-dealkylation sites (N-methyl/N-ethyl adjacent to an activating group) is 1. The van der Waals surface area contributed by atoms with E-state index in [2.05, 4.69) is 31.0 Å². The third kappa shape index (κ3) is 4.01. The van der Waals surface area contributed by atoms with Gasteiger partial charge in [0.15, 0.2) is 0 Å². The van der Waals surface area contributed by atoms with Gasteiger partial charge >= 0.3 is 0 Å². The summed E-state index contributed by atoms with van der Waals surface area (Å²) in [5, 5.41) is 11.9. The second-order valence-electron chi connectivity index (χ2n) is 4.34. The lowest BCUT2D eigenvalue weighted by atomic mass is 10.2. The van der Waals surface area contributed by atoms with Crippen molar-refractivity contribution in [3.8, 4) is 6.07 Å². The average molecular weight is 249 g/mol. The molecule has 98 valence electrons. The van der Waals surface area contributed by atoms with Crippen LogP contribution in [0, 0.1) is 17.1 Å². The molecule has 0 heterocycles. The molecule has 1 aromatic rings. The van der Waals surface area contributed by atoms with Gasteiger partial charge in [0.2, 0.25) is 0 Å². The molecule has 0 saturated heterocycles. The molecular formula is C14H20FN3. The lowest BCUT2D eigenvalue weighted by Crippen LogP contribution is -2.34. The number of benzene rings is 1. The van der Waals surface area contributed by atoms with Crippen LogP contribution in [-0.2, 0) is 0 Å². The largest absolute Gasteiger partial charge is 0.381 e. The van der Waals surface area contributed by atoms with Crippen LogP contribution < -0.4 is 5.32 Å². The van der Waals surface area contributed by atoms with E-state index < -0.39 is 5.82 Å². The van der Waals surface area contributed by atoms with Crippen LogP contribution in [0.1, 0.15) is 26.3 Å². The molecule has 1 N–H and O–H groups in total. The fourth-order valence-electron chi connectivity index (χ4n) is 1.89. The van der Waals surface area contributed by atoms with Gasteiger partial charge in [-0.1, -0.05) is 13.8 Å². The topological polar surface area (TPSA) is 39.1 Å². The Balaban J connectivity index is 2.62. The highest BCUT2D eigenvalue weighted by molar-refractivity contribution is 5.48. The zero-order valence-electron chi connectivity index (χ0n) is 11.2. The van der Waals surface area contributed by atoms with Gasteiger partial charge in [-0.3, -0.25) is 0 Å². The Kier molecular flexibility index (Phi) is 5.60. The zero-order valence-corrected chi connectivity index (χ0v) is 11.2. The molecule has 0 radical (unpaired) electrons. The maximum absolute atomic E-state index is 13.4. The lowest BCUT2D eigenvalue weighted by molar-refractivity contribution is 0.295. The molecule has 0 spiro atoms. The van der Waals surface area contributed by atoms with Gasteiger partial charge in [0, 0.05) is 18.3 Å². The molecule has 18 heavy (non-hydrogen) atoms. The summed E-state index contributed by atoms with van der Waals surface area (Å²) >= 11 is 0. The number of nitrogens with zero attached hydrogens (tertiary/aromatic N) is 2. The first kappa shape index (κ1) is 14.5. The number of rotatable bonds is 6. The van der Waals surface area contributed by atoms with Crippen LogP contribution in [0.5, 0.6) is 0 Å². The van der Waals surface area contributed by atoms with Gasteiger partial charge < -0.3 is 10.2 Å². The normalized spacial score (nSPS) is 12.2. The Morgan fingerprint density at radius 1 is 1.39 bits per heavy atom. The molecule has 1 atom stereocenters. The summed E-state index contributed by atoms with van der Waals surface area (Å²) < 4.78 is 13.4. The quantitative estimate of drug-likeness (QED) is 0.842. The monoisotopic (exact) mass is 249 g/mol. The summed E-state index contributed by atoms with van der Waals surface area (Å²) in [6, 6.07) is 6.66. The van der Waals surface area contributed by atoms with Crippen molar-refractivity contribution in [3.63, 3.8) is 0 Å². The Labute approximate surface area is 108 Å². The van der Waals surface area contributed by atoms with Crippen molar-refractivity contribution in [2.24, 2.45) is 0 Å². The summed E-state index contributed by atoms with van der Waals surface area (Å²) in [4.78, 5) is 2.30. The Hall–Kier alpha value is -1.60. The minimum Gasteiger partial charge on any atom is -0.381 e. The van der Waals surface area contributed by atoms with Crippen molar-refractivity contribution in [2.45, 2.75) is 26.8 Å². The fourth-order valence-corrected chi connectivity index (χ4v) is 1.89. The van der Waals surface area contributed by atoms with E-state index in [1.54, 1.807) is 6.07 Å². The maximum Gasteiger partial charge on any atom is 0.143 e. The SMILES string of the molecule is CCN(CC)CC(C)Nc1ccc(C#N)c(F)c1. The molecule has 0 aliphatic rings. The molecular weight excluding hydrogens is 229 g/mol. The molecule has 0 aliphatic heterocycles. The molecule has 0 saturated carbocycles. The van der Waals surface area contributed by atoms with E-state index in [4.69, 9.17) is 5.26 Å². The van der Waals surface area contributed by atoms with Crippen molar-refractivity contribution in [3.05, 3.63) is 29.6 Å². The van der Waals surface area contributed by atoms with Crippen LogP contribution in [-0.4, -0.2) is 30.6 Å². The summed E-state index contributed by atoms with van der Waals surface area (Å²) in [5.74, 6) is -0.475. The number of hydrogen-bond acceptors (Lipinski definition) is 3. The molecule has 0 bridgehead atoms. The number of halogens is 1. The van der Waals surface area contributed by atoms with Crippen LogP contribution in [0.2, 0.25) is 0 Å². The smallest absolute Gasteiger partial charge is 0.143 e. The van der Waals surface area contributed by atoms with Crippen molar-refractivity contribution >= 4 is 5.69 Å². The van der Waals surface area contributed by atoms with E-state index in [0.717, 1.165) is 19.6 Å². The zero-order chi connectivity index (χ0) is 13.5. The van der Waals surface area contributed by atoms with Crippen LogP contribution in [0.3, 0.4) is 0 Å². The fraction of sp³-hybridized carbons (Fsp3) is 0.500. The van der Waals surface area contributed by atoms with Gasteiger partial charge in [0.25, 0.3) is 0 Å². The van der Waals surface area contributed by atoms with Gasteiger partial charge in [-0.15, -0.1) is 0 Å². The van der Waals surface area contributed by atoms with Crippen LogP contribution in [0.4, 0.5) is 10.1 Å². The maximum atomic E-state index is 13.4. The van der Waals surface area contributed by atoms with Crippen LogP contribution >= 0.6 is 0 Å². The Morgan fingerprint density at radius 3 is 2.56 bits per heavy atom. The van der Waals surface area contributed by atoms with Gasteiger partial charge in [-0.05, 0) is 38.2 Å². The highest BCUT2D eigenvalue weighted by atomic mass is 19.1.